The normalized spacial score (nSPS) is 13.1. The molecule has 9 heteroatoms. The fraction of sp³-hybridized carbons (Fsp3) is 0.706. The molecule has 0 saturated heterocycles. The smallest absolute Gasteiger partial charge is 0.407 e. The Labute approximate surface area is 363 Å². The van der Waals surface area contributed by atoms with E-state index in [-0.39, 0.29) is 38.0 Å². The summed E-state index contributed by atoms with van der Waals surface area (Å²) in [6.07, 6.45) is 29.2. The van der Waals surface area contributed by atoms with Crippen LogP contribution >= 0.6 is 0 Å². The number of amides is 2. The molecule has 0 fully saturated rings. The van der Waals surface area contributed by atoms with Crippen LogP contribution in [0.4, 0.5) is 4.79 Å². The van der Waals surface area contributed by atoms with Gasteiger partial charge in [0.15, 0.2) is 0 Å². The van der Waals surface area contributed by atoms with Gasteiger partial charge < -0.3 is 30.0 Å². The number of carbonyl (C=O) groups excluding carboxylic acids is 2. The van der Waals surface area contributed by atoms with E-state index >= 15 is 0 Å². The first-order valence-corrected chi connectivity index (χ1v) is 24.2. The molecule has 2 aromatic carbocycles. The first kappa shape index (κ1) is 50.9. The van der Waals surface area contributed by atoms with Crippen LogP contribution in [0.25, 0.3) is 11.1 Å². The number of unbranched alkanes of at least 4 members (excludes halogenated alkanes) is 22. The van der Waals surface area contributed by atoms with E-state index in [0.29, 0.717) is 19.8 Å². The largest absolute Gasteiger partial charge is 0.481 e. The number of rotatable bonds is 38. The van der Waals surface area contributed by atoms with Gasteiger partial charge in [-0.1, -0.05) is 204 Å². The third-order valence-electron chi connectivity index (χ3n) is 11.9. The highest BCUT2D eigenvalue weighted by Gasteiger charge is 2.30. The van der Waals surface area contributed by atoms with E-state index in [4.69, 9.17) is 14.2 Å². The molecule has 2 amide bonds. The van der Waals surface area contributed by atoms with Gasteiger partial charge in [-0.3, -0.25) is 9.59 Å². The second kappa shape index (κ2) is 33.2. The van der Waals surface area contributed by atoms with Crippen molar-refractivity contribution >= 4 is 18.0 Å². The molecule has 1 aliphatic carbocycles. The van der Waals surface area contributed by atoms with Gasteiger partial charge in [0.2, 0.25) is 5.91 Å². The van der Waals surface area contributed by atoms with Crippen LogP contribution < -0.4 is 10.6 Å². The summed E-state index contributed by atoms with van der Waals surface area (Å²) in [7, 11) is 0. The van der Waals surface area contributed by atoms with Gasteiger partial charge in [0.05, 0.1) is 12.7 Å². The minimum absolute atomic E-state index is 0.0643. The van der Waals surface area contributed by atoms with E-state index in [1.165, 1.54) is 128 Å². The zero-order valence-corrected chi connectivity index (χ0v) is 37.7. The first-order valence-electron chi connectivity index (χ1n) is 24.2. The van der Waals surface area contributed by atoms with Gasteiger partial charge in [0, 0.05) is 32.1 Å². The predicted octanol–water partition coefficient (Wildman–Crippen LogP) is 12.7. The topological polar surface area (TPSA) is 123 Å². The first-order chi connectivity index (χ1) is 29.4. The standard InChI is InChI=1S/C51H82N2O7/c1-3-5-7-9-11-13-15-17-19-21-23-29-37-58-40-42(59-38-30-24-22-20-18-16-14-12-10-8-6-4-2)39-52-50(56)48(35-36-49(54)55)53-51(57)60-41-47-45-33-27-25-31-43(45)44-32-26-28-34-46(44)47/h25-28,31-34,42,47-48H,3-24,29-30,35-41H2,1-2H3,(H,52,56)(H,53,57)(H,54,55). The number of benzene rings is 2. The van der Waals surface area contributed by atoms with Gasteiger partial charge in [0.25, 0.3) is 0 Å². The summed E-state index contributed by atoms with van der Waals surface area (Å²) in [4.78, 5) is 38.1. The number of aliphatic carboxylic acids is 1. The summed E-state index contributed by atoms with van der Waals surface area (Å²) >= 11 is 0. The Balaban J connectivity index is 1.43. The van der Waals surface area contributed by atoms with Crippen molar-refractivity contribution in [2.24, 2.45) is 0 Å². The monoisotopic (exact) mass is 835 g/mol. The Kier molecular flexibility index (Phi) is 28.2. The minimum atomic E-state index is -1.07. The highest BCUT2D eigenvalue weighted by molar-refractivity contribution is 5.86. The number of carbonyl (C=O) groups is 3. The van der Waals surface area contributed by atoms with Crippen LogP contribution in [0.15, 0.2) is 48.5 Å². The maximum absolute atomic E-state index is 13.5. The molecule has 0 bridgehead atoms. The second-order valence-corrected chi connectivity index (χ2v) is 17.0. The Hall–Kier alpha value is -3.43. The maximum atomic E-state index is 13.5. The van der Waals surface area contributed by atoms with Gasteiger partial charge in [-0.05, 0) is 41.5 Å². The van der Waals surface area contributed by atoms with E-state index < -0.39 is 24.0 Å². The summed E-state index contributed by atoms with van der Waals surface area (Å²) in [5.41, 5.74) is 4.41. The molecule has 338 valence electrons. The van der Waals surface area contributed by atoms with Crippen LogP contribution in [0.2, 0.25) is 0 Å². The average Bonchev–Trinajstić information content (AvgIpc) is 3.58. The molecule has 0 aliphatic heterocycles. The SMILES string of the molecule is CCCCCCCCCCCCCCOCC(CNC(=O)C(CCC(=O)O)NC(=O)OCC1c2ccccc2-c2ccccc21)OCCCCCCCCCCCCCC. The average molecular weight is 835 g/mol. The Morgan fingerprint density at radius 2 is 1.07 bits per heavy atom. The summed E-state index contributed by atoms with van der Waals surface area (Å²) in [6.45, 7) is 6.41. The number of fused-ring (bicyclic) bond motifs is 3. The van der Waals surface area contributed by atoms with E-state index in [1.807, 2.05) is 36.4 Å². The number of alkyl carbamates (subject to hydrolysis) is 1. The molecule has 1 aliphatic rings. The summed E-state index contributed by atoms with van der Waals surface area (Å²) in [5, 5.41) is 15.0. The van der Waals surface area contributed by atoms with Gasteiger partial charge in [-0.25, -0.2) is 4.79 Å². The molecular formula is C51H82N2O7. The molecule has 0 heterocycles. The molecule has 0 saturated carbocycles. The van der Waals surface area contributed by atoms with Crippen LogP contribution in [-0.2, 0) is 23.8 Å². The zero-order valence-electron chi connectivity index (χ0n) is 37.7. The molecule has 3 N–H and O–H groups in total. The number of ether oxygens (including phenoxy) is 3. The van der Waals surface area contributed by atoms with Crippen LogP contribution in [-0.4, -0.2) is 68.2 Å². The Bertz CT molecular complexity index is 1390. The lowest BCUT2D eigenvalue weighted by atomic mass is 9.98. The predicted molar refractivity (Wildman–Crippen MR) is 245 cm³/mol. The van der Waals surface area contributed by atoms with Crippen LogP contribution in [0.5, 0.6) is 0 Å². The van der Waals surface area contributed by atoms with Crippen LogP contribution in [0.3, 0.4) is 0 Å². The van der Waals surface area contributed by atoms with Gasteiger partial charge in [0.1, 0.15) is 12.6 Å². The summed E-state index contributed by atoms with van der Waals surface area (Å²) < 4.78 is 18.0. The van der Waals surface area contributed by atoms with Crippen molar-refractivity contribution < 1.29 is 33.7 Å². The van der Waals surface area contributed by atoms with Gasteiger partial charge >= 0.3 is 12.1 Å². The van der Waals surface area contributed by atoms with Crippen molar-refractivity contribution in [1.82, 2.24) is 10.6 Å². The maximum Gasteiger partial charge on any atom is 0.407 e. The van der Waals surface area contributed by atoms with Crippen molar-refractivity contribution in [2.75, 3.05) is 33.0 Å². The van der Waals surface area contributed by atoms with Crippen molar-refractivity contribution in [3.8, 4) is 11.1 Å². The summed E-state index contributed by atoms with van der Waals surface area (Å²) in [5.74, 6) is -1.64. The molecule has 0 radical (unpaired) electrons. The molecular weight excluding hydrogens is 753 g/mol. The number of carboxylic acids is 1. The summed E-state index contributed by atoms with van der Waals surface area (Å²) in [6, 6.07) is 15.1. The molecule has 0 spiro atoms. The number of hydrogen-bond donors (Lipinski definition) is 3. The lowest BCUT2D eigenvalue weighted by Crippen LogP contribution is -2.49. The van der Waals surface area contributed by atoms with Crippen molar-refractivity contribution in [2.45, 2.75) is 199 Å². The molecule has 3 rings (SSSR count). The Morgan fingerprint density at radius 1 is 0.617 bits per heavy atom. The molecule has 2 unspecified atom stereocenters. The van der Waals surface area contributed by atoms with Crippen LogP contribution in [0, 0.1) is 0 Å². The van der Waals surface area contributed by atoms with Gasteiger partial charge in [-0.15, -0.1) is 0 Å². The zero-order chi connectivity index (χ0) is 42.9. The van der Waals surface area contributed by atoms with E-state index in [0.717, 1.165) is 47.9 Å². The molecule has 60 heavy (non-hydrogen) atoms. The van der Waals surface area contributed by atoms with E-state index in [9.17, 15) is 19.5 Å². The van der Waals surface area contributed by atoms with Crippen molar-refractivity contribution in [1.29, 1.82) is 0 Å². The fourth-order valence-corrected chi connectivity index (χ4v) is 8.28. The molecule has 2 aromatic rings. The van der Waals surface area contributed by atoms with Crippen LogP contribution in [0.1, 0.15) is 198 Å². The highest BCUT2D eigenvalue weighted by atomic mass is 16.5. The highest BCUT2D eigenvalue weighted by Crippen LogP contribution is 2.44. The van der Waals surface area contributed by atoms with Crippen molar-refractivity contribution in [3.63, 3.8) is 0 Å². The number of hydrogen-bond acceptors (Lipinski definition) is 6. The lowest BCUT2D eigenvalue weighted by molar-refractivity contribution is -0.137. The number of nitrogens with one attached hydrogen (secondary N) is 2. The lowest BCUT2D eigenvalue weighted by Gasteiger charge is -2.22. The minimum Gasteiger partial charge on any atom is -0.481 e. The quantitative estimate of drug-likeness (QED) is 0.0576. The van der Waals surface area contributed by atoms with E-state index in [1.54, 1.807) is 0 Å². The fourth-order valence-electron chi connectivity index (χ4n) is 8.28. The van der Waals surface area contributed by atoms with Gasteiger partial charge in [-0.2, -0.15) is 0 Å². The molecule has 0 aromatic heterocycles. The van der Waals surface area contributed by atoms with Crippen molar-refractivity contribution in [3.05, 3.63) is 59.7 Å². The third-order valence-corrected chi connectivity index (χ3v) is 11.9. The second-order valence-electron chi connectivity index (χ2n) is 17.0. The molecule has 2 atom stereocenters. The number of carboxylic acid groups (broad SMARTS) is 1. The Morgan fingerprint density at radius 3 is 1.55 bits per heavy atom. The third kappa shape index (κ3) is 21.9. The molecule has 9 nitrogen and oxygen atoms in total. The van der Waals surface area contributed by atoms with E-state index in [2.05, 4.69) is 36.6 Å².